The van der Waals surface area contributed by atoms with Gasteiger partial charge in [0.05, 0.1) is 11.2 Å². The van der Waals surface area contributed by atoms with Gasteiger partial charge in [0.15, 0.2) is 0 Å². The van der Waals surface area contributed by atoms with Gasteiger partial charge in [-0.05, 0) is 48.6 Å². The van der Waals surface area contributed by atoms with E-state index in [1.165, 1.54) is 6.07 Å². The number of Topliss-reactive ketones (excluding diaryl/α,β-unsaturated/α-hetero) is 1. The van der Waals surface area contributed by atoms with Crippen molar-refractivity contribution in [1.82, 2.24) is 4.98 Å². The molecule has 2 N–H and O–H groups in total. The van der Waals surface area contributed by atoms with Crippen LogP contribution < -0.4 is 10.1 Å². The number of carbonyl (C=O) groups excluding carboxylic acids is 2. The Morgan fingerprint density at radius 3 is 2.83 bits per heavy atom. The minimum absolute atomic E-state index is 0.0856. The molecule has 0 spiro atoms. The number of aromatic nitrogens is 1. The Kier molecular flexibility index (Phi) is 5.36. The van der Waals surface area contributed by atoms with Crippen LogP contribution in [0.5, 0.6) is 17.2 Å². The molecule has 0 bridgehead atoms. The van der Waals surface area contributed by atoms with Crippen LogP contribution in [0.4, 0.5) is 5.69 Å². The highest BCUT2D eigenvalue weighted by Crippen LogP contribution is 2.36. The summed E-state index contributed by atoms with van der Waals surface area (Å²) < 4.78 is 5.97. The van der Waals surface area contributed by atoms with Gasteiger partial charge in [0, 0.05) is 35.5 Å². The van der Waals surface area contributed by atoms with E-state index in [1.807, 2.05) is 0 Å². The van der Waals surface area contributed by atoms with Crippen molar-refractivity contribution in [3.8, 4) is 17.2 Å². The Labute approximate surface area is 172 Å². The van der Waals surface area contributed by atoms with E-state index in [0.29, 0.717) is 52.6 Å². The Morgan fingerprint density at radius 1 is 1.28 bits per heavy atom. The third kappa shape index (κ3) is 4.49. The number of phenolic OH excluding ortho intramolecular Hbond substituents is 1. The van der Waals surface area contributed by atoms with Crippen LogP contribution in [0.15, 0.2) is 42.6 Å². The Balaban J connectivity index is 1.57. The normalized spacial score (nSPS) is 13.3. The quantitative estimate of drug-likeness (QED) is 0.408. The van der Waals surface area contributed by atoms with Crippen molar-refractivity contribution in [3.63, 3.8) is 0 Å². The molecule has 1 aromatic heterocycles. The smallest absolute Gasteiger partial charge is 0.211 e. The fourth-order valence-corrected chi connectivity index (χ4v) is 3.45. The van der Waals surface area contributed by atoms with Crippen molar-refractivity contribution < 1.29 is 19.4 Å². The van der Waals surface area contributed by atoms with E-state index in [2.05, 4.69) is 10.3 Å². The number of hydrogen-bond donors (Lipinski definition) is 2. The number of ketones is 1. The van der Waals surface area contributed by atoms with Crippen molar-refractivity contribution in [2.24, 2.45) is 5.92 Å². The molecule has 1 aliphatic carbocycles. The number of fused-ring (bicyclic) bond motifs is 1. The SMILES string of the molecule is O=CNc1cc2c(Oc3ccc(CC(=O)CC4CC4)c(Cl)c3)ccnc2cc1O. The average molecular weight is 411 g/mol. The molecule has 1 fully saturated rings. The maximum absolute atomic E-state index is 12.1. The van der Waals surface area contributed by atoms with Gasteiger partial charge in [0.1, 0.15) is 23.0 Å². The van der Waals surface area contributed by atoms with Gasteiger partial charge in [-0.25, -0.2) is 0 Å². The van der Waals surface area contributed by atoms with Crippen LogP contribution in [0.2, 0.25) is 5.02 Å². The fourth-order valence-electron chi connectivity index (χ4n) is 3.21. The van der Waals surface area contributed by atoms with Gasteiger partial charge in [0.2, 0.25) is 6.41 Å². The largest absolute Gasteiger partial charge is 0.506 e. The van der Waals surface area contributed by atoms with Crippen molar-refractivity contribution in [1.29, 1.82) is 0 Å². The lowest BCUT2D eigenvalue weighted by atomic mass is 10.0. The van der Waals surface area contributed by atoms with E-state index in [-0.39, 0.29) is 17.2 Å². The summed E-state index contributed by atoms with van der Waals surface area (Å²) in [4.78, 5) is 27.1. The third-order valence-corrected chi connectivity index (χ3v) is 5.24. The minimum atomic E-state index is -0.0856. The summed E-state index contributed by atoms with van der Waals surface area (Å²) in [7, 11) is 0. The molecular weight excluding hydrogens is 392 g/mol. The van der Waals surface area contributed by atoms with Gasteiger partial charge in [-0.1, -0.05) is 17.7 Å². The van der Waals surface area contributed by atoms with Gasteiger partial charge in [-0.15, -0.1) is 0 Å². The number of carbonyl (C=O) groups is 2. The molecule has 6 nitrogen and oxygen atoms in total. The molecule has 0 saturated heterocycles. The predicted molar refractivity (Wildman–Crippen MR) is 111 cm³/mol. The monoisotopic (exact) mass is 410 g/mol. The van der Waals surface area contributed by atoms with Crippen LogP contribution in [0.3, 0.4) is 0 Å². The van der Waals surface area contributed by atoms with Crippen LogP contribution in [0.25, 0.3) is 10.9 Å². The van der Waals surface area contributed by atoms with Crippen LogP contribution in [0, 0.1) is 5.92 Å². The second-order valence-electron chi connectivity index (χ2n) is 7.18. The summed E-state index contributed by atoms with van der Waals surface area (Å²) in [6, 6.07) is 9.98. The number of rotatable bonds is 8. The zero-order valence-corrected chi connectivity index (χ0v) is 16.3. The first-order valence-electron chi connectivity index (χ1n) is 9.33. The highest BCUT2D eigenvalue weighted by Gasteiger charge is 2.24. The summed E-state index contributed by atoms with van der Waals surface area (Å²) in [6.07, 6.45) is 5.30. The van der Waals surface area contributed by atoms with Gasteiger partial charge < -0.3 is 15.2 Å². The van der Waals surface area contributed by atoms with Crippen molar-refractivity contribution in [2.75, 3.05) is 5.32 Å². The first-order chi connectivity index (χ1) is 14.0. The molecule has 1 heterocycles. The second kappa shape index (κ2) is 8.09. The van der Waals surface area contributed by atoms with Gasteiger partial charge in [-0.2, -0.15) is 0 Å². The first kappa shape index (κ1) is 19.2. The number of anilines is 1. The van der Waals surface area contributed by atoms with E-state index in [4.69, 9.17) is 16.3 Å². The molecule has 0 aliphatic heterocycles. The summed E-state index contributed by atoms with van der Waals surface area (Å²) in [5.74, 6) is 1.69. The van der Waals surface area contributed by atoms with Crippen molar-refractivity contribution in [2.45, 2.75) is 25.7 Å². The number of nitrogens with one attached hydrogen (secondary N) is 1. The number of aromatic hydroxyl groups is 1. The zero-order valence-electron chi connectivity index (χ0n) is 15.5. The Hall–Kier alpha value is -3.12. The van der Waals surface area contributed by atoms with E-state index in [9.17, 15) is 14.7 Å². The van der Waals surface area contributed by atoms with Crippen LogP contribution in [0.1, 0.15) is 24.8 Å². The fraction of sp³-hybridized carbons (Fsp3) is 0.227. The molecule has 0 atom stereocenters. The molecular formula is C22H19ClN2O4. The number of halogens is 1. The minimum Gasteiger partial charge on any atom is -0.506 e. The highest BCUT2D eigenvalue weighted by atomic mass is 35.5. The topological polar surface area (TPSA) is 88.5 Å². The highest BCUT2D eigenvalue weighted by molar-refractivity contribution is 6.31. The summed E-state index contributed by atoms with van der Waals surface area (Å²) in [5, 5.41) is 13.5. The van der Waals surface area contributed by atoms with E-state index >= 15 is 0 Å². The van der Waals surface area contributed by atoms with Gasteiger partial charge >= 0.3 is 0 Å². The summed E-state index contributed by atoms with van der Waals surface area (Å²) in [6.45, 7) is 0. The predicted octanol–water partition coefficient (Wildman–Crippen LogP) is 4.87. The maximum atomic E-state index is 12.1. The molecule has 0 radical (unpaired) electrons. The molecule has 148 valence electrons. The number of phenols is 1. The zero-order chi connectivity index (χ0) is 20.4. The van der Waals surface area contributed by atoms with E-state index in [1.54, 1.807) is 36.5 Å². The molecule has 3 aromatic rings. The molecule has 1 amide bonds. The number of benzene rings is 2. The second-order valence-corrected chi connectivity index (χ2v) is 7.58. The lowest BCUT2D eigenvalue weighted by Gasteiger charge is -2.12. The Bertz CT molecular complexity index is 1100. The molecule has 1 aliphatic rings. The number of ether oxygens (including phenoxy) is 1. The van der Waals surface area contributed by atoms with Crippen molar-refractivity contribution >= 4 is 40.4 Å². The summed E-state index contributed by atoms with van der Waals surface area (Å²) in [5.41, 5.74) is 1.56. The van der Waals surface area contributed by atoms with Crippen molar-refractivity contribution in [3.05, 3.63) is 53.2 Å². The van der Waals surface area contributed by atoms with Gasteiger partial charge in [-0.3, -0.25) is 14.6 Å². The van der Waals surface area contributed by atoms with Gasteiger partial charge in [0.25, 0.3) is 0 Å². The number of amides is 1. The van der Waals surface area contributed by atoms with E-state index < -0.39 is 0 Å². The summed E-state index contributed by atoms with van der Waals surface area (Å²) >= 11 is 6.37. The van der Waals surface area contributed by atoms with Crippen LogP contribution in [-0.4, -0.2) is 22.3 Å². The number of pyridine rings is 1. The first-order valence-corrected chi connectivity index (χ1v) is 9.71. The third-order valence-electron chi connectivity index (χ3n) is 4.89. The van der Waals surface area contributed by atoms with Crippen LogP contribution >= 0.6 is 11.6 Å². The number of hydrogen-bond acceptors (Lipinski definition) is 5. The molecule has 0 unspecified atom stereocenters. The molecule has 29 heavy (non-hydrogen) atoms. The van der Waals surface area contributed by atoms with Crippen LogP contribution in [-0.2, 0) is 16.0 Å². The van der Waals surface area contributed by atoms with E-state index in [0.717, 1.165) is 18.4 Å². The Morgan fingerprint density at radius 2 is 2.10 bits per heavy atom. The maximum Gasteiger partial charge on any atom is 0.211 e. The lowest BCUT2D eigenvalue weighted by Crippen LogP contribution is -2.04. The standard InChI is InChI=1S/C22H19ClN2O4/c23-18-9-16(4-3-14(18)8-15(27)7-13-1-2-13)29-22-5-6-24-19-11-21(28)20(25-12-26)10-17(19)22/h3-6,9-13,28H,1-2,7-8H2,(H,25,26). The average Bonchev–Trinajstić information content (AvgIpc) is 3.49. The molecule has 4 rings (SSSR count). The molecule has 1 saturated carbocycles. The molecule has 7 heteroatoms. The lowest BCUT2D eigenvalue weighted by molar-refractivity contribution is -0.118. The number of nitrogens with zero attached hydrogens (tertiary/aromatic N) is 1. The molecule has 2 aromatic carbocycles.